The summed E-state index contributed by atoms with van der Waals surface area (Å²) in [6.07, 6.45) is 9.22. The first-order valence-electron chi connectivity index (χ1n) is 4.90. The molecule has 14 heavy (non-hydrogen) atoms. The lowest BCUT2D eigenvalue weighted by Gasteiger charge is -2.23. The van der Waals surface area contributed by atoms with Gasteiger partial charge in [-0.2, -0.15) is 0 Å². The third-order valence-corrected chi connectivity index (χ3v) is 1.99. The standard InChI is InChI=1S/C12H20O2/c1-5-12(4,14-10-9-13)8-6-7-11(2)3/h1,7,13H,6,8-10H2,2-4H3. The number of hydrogen-bond donors (Lipinski definition) is 1. The van der Waals surface area contributed by atoms with Crippen molar-refractivity contribution < 1.29 is 9.84 Å². The van der Waals surface area contributed by atoms with E-state index >= 15 is 0 Å². The highest BCUT2D eigenvalue weighted by Gasteiger charge is 2.20. The van der Waals surface area contributed by atoms with Gasteiger partial charge in [-0.15, -0.1) is 6.42 Å². The van der Waals surface area contributed by atoms with Gasteiger partial charge in [0.25, 0.3) is 0 Å². The van der Waals surface area contributed by atoms with Crippen molar-refractivity contribution in [3.8, 4) is 12.3 Å². The number of terminal acetylenes is 1. The average molecular weight is 196 g/mol. The molecule has 0 rings (SSSR count). The van der Waals surface area contributed by atoms with E-state index in [1.54, 1.807) is 0 Å². The molecule has 0 heterocycles. The monoisotopic (exact) mass is 196 g/mol. The summed E-state index contributed by atoms with van der Waals surface area (Å²) in [7, 11) is 0. The molecule has 0 aromatic carbocycles. The van der Waals surface area contributed by atoms with E-state index in [2.05, 4.69) is 25.8 Å². The molecule has 0 saturated carbocycles. The van der Waals surface area contributed by atoms with Crippen molar-refractivity contribution in [2.45, 2.75) is 39.2 Å². The van der Waals surface area contributed by atoms with Crippen molar-refractivity contribution in [2.24, 2.45) is 0 Å². The molecule has 0 saturated heterocycles. The lowest BCUT2D eigenvalue weighted by Crippen LogP contribution is -2.27. The van der Waals surface area contributed by atoms with Crippen molar-refractivity contribution in [3.05, 3.63) is 11.6 Å². The Morgan fingerprint density at radius 1 is 1.57 bits per heavy atom. The average Bonchev–Trinajstić information content (AvgIpc) is 2.14. The smallest absolute Gasteiger partial charge is 0.126 e. The van der Waals surface area contributed by atoms with Gasteiger partial charge in [-0.3, -0.25) is 0 Å². The van der Waals surface area contributed by atoms with E-state index in [1.807, 2.05) is 6.92 Å². The van der Waals surface area contributed by atoms with Crippen LogP contribution in [0.5, 0.6) is 0 Å². The molecule has 0 aliphatic heterocycles. The zero-order chi connectivity index (χ0) is 11.0. The molecule has 0 bridgehead atoms. The molecule has 0 aromatic heterocycles. The van der Waals surface area contributed by atoms with Gasteiger partial charge in [0.05, 0.1) is 13.2 Å². The summed E-state index contributed by atoms with van der Waals surface area (Å²) in [4.78, 5) is 0. The van der Waals surface area contributed by atoms with E-state index in [0.29, 0.717) is 6.61 Å². The summed E-state index contributed by atoms with van der Waals surface area (Å²) >= 11 is 0. The Hall–Kier alpha value is -0.780. The molecule has 2 nitrogen and oxygen atoms in total. The zero-order valence-electron chi connectivity index (χ0n) is 9.34. The van der Waals surface area contributed by atoms with Crippen molar-refractivity contribution in [3.63, 3.8) is 0 Å². The van der Waals surface area contributed by atoms with Crippen LogP contribution in [0.4, 0.5) is 0 Å². The topological polar surface area (TPSA) is 29.5 Å². The fraction of sp³-hybridized carbons (Fsp3) is 0.667. The van der Waals surface area contributed by atoms with Crippen LogP contribution in [-0.4, -0.2) is 23.9 Å². The molecular weight excluding hydrogens is 176 g/mol. The van der Waals surface area contributed by atoms with E-state index in [0.717, 1.165) is 12.8 Å². The Kier molecular flexibility index (Phi) is 6.27. The molecule has 0 amide bonds. The van der Waals surface area contributed by atoms with E-state index in [-0.39, 0.29) is 6.61 Å². The summed E-state index contributed by atoms with van der Waals surface area (Å²) < 4.78 is 5.39. The molecule has 80 valence electrons. The van der Waals surface area contributed by atoms with Gasteiger partial charge < -0.3 is 9.84 Å². The Bertz CT molecular complexity index is 221. The molecule has 1 unspecified atom stereocenters. The summed E-state index contributed by atoms with van der Waals surface area (Å²) in [5.74, 6) is 2.62. The van der Waals surface area contributed by atoms with E-state index in [4.69, 9.17) is 16.3 Å². The van der Waals surface area contributed by atoms with Crippen LogP contribution in [0.25, 0.3) is 0 Å². The summed E-state index contributed by atoms with van der Waals surface area (Å²) in [5, 5.41) is 8.63. The number of allylic oxidation sites excluding steroid dienone is 2. The number of aliphatic hydroxyl groups is 1. The second-order valence-corrected chi connectivity index (χ2v) is 3.77. The Labute approximate surface area is 87.0 Å². The van der Waals surface area contributed by atoms with Crippen LogP contribution in [0.2, 0.25) is 0 Å². The van der Waals surface area contributed by atoms with Crippen LogP contribution in [0.15, 0.2) is 11.6 Å². The molecule has 2 heteroatoms. The Morgan fingerprint density at radius 3 is 2.64 bits per heavy atom. The van der Waals surface area contributed by atoms with Crippen LogP contribution < -0.4 is 0 Å². The van der Waals surface area contributed by atoms with E-state index in [1.165, 1.54) is 5.57 Å². The largest absolute Gasteiger partial charge is 0.394 e. The van der Waals surface area contributed by atoms with Gasteiger partial charge in [0.2, 0.25) is 0 Å². The van der Waals surface area contributed by atoms with Gasteiger partial charge in [0.15, 0.2) is 0 Å². The first kappa shape index (κ1) is 13.2. The van der Waals surface area contributed by atoms with Gasteiger partial charge in [0, 0.05) is 0 Å². The summed E-state index contributed by atoms with van der Waals surface area (Å²) in [6, 6.07) is 0. The maximum Gasteiger partial charge on any atom is 0.126 e. The molecular formula is C12H20O2. The third-order valence-electron chi connectivity index (χ3n) is 1.99. The van der Waals surface area contributed by atoms with Gasteiger partial charge in [-0.05, 0) is 33.6 Å². The fourth-order valence-electron chi connectivity index (χ4n) is 1.09. The van der Waals surface area contributed by atoms with Crippen LogP contribution >= 0.6 is 0 Å². The minimum absolute atomic E-state index is 0.0138. The maximum absolute atomic E-state index is 8.63. The van der Waals surface area contributed by atoms with Crippen LogP contribution in [0.3, 0.4) is 0 Å². The molecule has 0 aliphatic rings. The van der Waals surface area contributed by atoms with Gasteiger partial charge in [-0.1, -0.05) is 17.6 Å². The second-order valence-electron chi connectivity index (χ2n) is 3.77. The molecule has 0 aromatic rings. The van der Waals surface area contributed by atoms with Crippen molar-refractivity contribution in [1.82, 2.24) is 0 Å². The van der Waals surface area contributed by atoms with Crippen LogP contribution in [-0.2, 0) is 4.74 Å². The molecule has 1 atom stereocenters. The quantitative estimate of drug-likeness (QED) is 0.521. The highest BCUT2D eigenvalue weighted by Crippen LogP contribution is 2.17. The highest BCUT2D eigenvalue weighted by molar-refractivity contribution is 5.07. The normalized spacial score (nSPS) is 14.2. The Morgan fingerprint density at radius 2 is 2.21 bits per heavy atom. The van der Waals surface area contributed by atoms with Crippen molar-refractivity contribution in [1.29, 1.82) is 0 Å². The molecule has 1 N–H and O–H groups in total. The maximum atomic E-state index is 8.63. The predicted molar refractivity (Wildman–Crippen MR) is 58.9 cm³/mol. The summed E-state index contributed by atoms with van der Waals surface area (Å²) in [6.45, 7) is 6.31. The fourth-order valence-corrected chi connectivity index (χ4v) is 1.09. The van der Waals surface area contributed by atoms with Crippen molar-refractivity contribution >= 4 is 0 Å². The first-order chi connectivity index (χ1) is 6.54. The molecule has 0 aliphatic carbocycles. The molecule has 0 fully saturated rings. The Balaban J connectivity index is 4.00. The van der Waals surface area contributed by atoms with Gasteiger partial charge in [0.1, 0.15) is 5.60 Å². The van der Waals surface area contributed by atoms with Crippen LogP contribution in [0, 0.1) is 12.3 Å². The van der Waals surface area contributed by atoms with E-state index < -0.39 is 5.60 Å². The number of rotatable bonds is 6. The van der Waals surface area contributed by atoms with Gasteiger partial charge in [-0.25, -0.2) is 0 Å². The lowest BCUT2D eigenvalue weighted by molar-refractivity contribution is -0.0104. The number of hydrogen-bond acceptors (Lipinski definition) is 2. The zero-order valence-corrected chi connectivity index (χ0v) is 9.34. The van der Waals surface area contributed by atoms with E-state index in [9.17, 15) is 0 Å². The lowest BCUT2D eigenvalue weighted by atomic mass is 10.0. The van der Waals surface area contributed by atoms with Crippen LogP contribution in [0.1, 0.15) is 33.6 Å². The second kappa shape index (κ2) is 6.64. The number of ether oxygens (including phenoxy) is 1. The third kappa shape index (κ3) is 5.80. The SMILES string of the molecule is C#CC(C)(CCC=C(C)C)OCCO. The summed E-state index contributed by atoms with van der Waals surface area (Å²) in [5.41, 5.74) is 0.737. The predicted octanol–water partition coefficient (Wildman–Crippen LogP) is 2.13. The minimum atomic E-state index is -0.547. The minimum Gasteiger partial charge on any atom is -0.394 e. The highest BCUT2D eigenvalue weighted by atomic mass is 16.5. The number of aliphatic hydroxyl groups excluding tert-OH is 1. The molecule has 0 spiro atoms. The first-order valence-corrected chi connectivity index (χ1v) is 4.90. The van der Waals surface area contributed by atoms with Gasteiger partial charge >= 0.3 is 0 Å². The molecule has 0 radical (unpaired) electrons. The van der Waals surface area contributed by atoms with Crippen molar-refractivity contribution in [2.75, 3.05) is 13.2 Å².